The minimum absolute atomic E-state index is 0.0606. The molecule has 0 saturated carbocycles. The van der Waals surface area contributed by atoms with Crippen molar-refractivity contribution in [2.24, 2.45) is 0 Å². The minimum atomic E-state index is -0.442. The molecule has 9 heteroatoms. The van der Waals surface area contributed by atoms with E-state index in [9.17, 15) is 9.59 Å². The first-order valence-corrected chi connectivity index (χ1v) is 14.7. The number of nitrogens with zero attached hydrogens (tertiary/aromatic N) is 4. The summed E-state index contributed by atoms with van der Waals surface area (Å²) in [5.74, 6) is -0.860. The zero-order chi connectivity index (χ0) is 27.7. The summed E-state index contributed by atoms with van der Waals surface area (Å²) in [5.41, 5.74) is 1.53. The van der Waals surface area contributed by atoms with Crippen LogP contribution in [0.1, 0.15) is 54.5 Å². The molecule has 3 aromatic rings. The number of halogens is 1. The first-order valence-electron chi connectivity index (χ1n) is 13.9. The number of thiazole rings is 1. The molecule has 1 aromatic carbocycles. The average molecular weight is 552 g/mol. The predicted octanol–water partition coefficient (Wildman–Crippen LogP) is 4.69. The van der Waals surface area contributed by atoms with E-state index in [0.29, 0.717) is 41.7 Å². The van der Waals surface area contributed by atoms with Gasteiger partial charge in [0.05, 0.1) is 27.2 Å². The number of hydrogen-bond acceptors (Lipinski definition) is 6. The normalized spacial score (nSPS) is 17.3. The smallest absolute Gasteiger partial charge is 0.258 e. The average Bonchev–Trinajstić information content (AvgIpc) is 3.57. The molecule has 0 radical (unpaired) electrons. The van der Waals surface area contributed by atoms with Crippen LogP contribution in [-0.2, 0) is 0 Å². The molecular weight excluding hydrogens is 513 g/mol. The Kier molecular flexibility index (Phi) is 8.21. The monoisotopic (exact) mass is 551 g/mol. The second-order valence-electron chi connectivity index (χ2n) is 10.6. The largest absolute Gasteiger partial charge is 0.367 e. The molecule has 0 aliphatic carbocycles. The van der Waals surface area contributed by atoms with Crippen molar-refractivity contribution in [3.63, 3.8) is 0 Å². The first-order chi connectivity index (χ1) is 18.8. The zero-order valence-corrected chi connectivity index (χ0v) is 24.0. The molecule has 39 heavy (non-hydrogen) atoms. The number of carbonyl (C=O) groups is 1. The highest BCUT2D eigenvalue weighted by Gasteiger charge is 2.26. The van der Waals surface area contributed by atoms with Gasteiger partial charge in [-0.2, -0.15) is 0 Å². The van der Waals surface area contributed by atoms with Crippen molar-refractivity contribution in [2.75, 3.05) is 57.3 Å². The van der Waals surface area contributed by atoms with Crippen molar-refractivity contribution in [3.8, 4) is 0 Å². The molecule has 208 valence electrons. The molecule has 1 N–H and O–H groups in total. The summed E-state index contributed by atoms with van der Waals surface area (Å²) < 4.78 is 17.6. The number of anilines is 1. The fourth-order valence-electron chi connectivity index (χ4n) is 5.78. The molecule has 1 amide bonds. The summed E-state index contributed by atoms with van der Waals surface area (Å²) >= 11 is 1.36. The zero-order valence-electron chi connectivity index (χ0n) is 23.1. The number of carbonyl (C=O) groups excluding carboxylic acids is 1. The SMILES string of the molecule is C=Cc1sc2c(C(=O)NCCN3CCCC3)c(=O)c3cc(F)c(N4CCN(C(C)C)CC4)cc3n2c1/C=C\C. The third kappa shape index (κ3) is 5.27. The number of hydrogen-bond donors (Lipinski definition) is 1. The van der Waals surface area contributed by atoms with Crippen molar-refractivity contribution in [3.05, 3.63) is 57.0 Å². The first kappa shape index (κ1) is 27.6. The lowest BCUT2D eigenvalue weighted by molar-refractivity contribution is 0.0950. The summed E-state index contributed by atoms with van der Waals surface area (Å²) in [6.45, 7) is 16.6. The van der Waals surface area contributed by atoms with Gasteiger partial charge in [0.15, 0.2) is 0 Å². The van der Waals surface area contributed by atoms with Crippen molar-refractivity contribution in [1.82, 2.24) is 19.5 Å². The Labute approximate surface area is 233 Å². The molecule has 2 saturated heterocycles. The van der Waals surface area contributed by atoms with E-state index in [4.69, 9.17) is 0 Å². The maximum absolute atomic E-state index is 15.6. The van der Waals surface area contributed by atoms with E-state index in [1.165, 1.54) is 30.2 Å². The van der Waals surface area contributed by atoms with E-state index >= 15 is 4.39 Å². The van der Waals surface area contributed by atoms with Crippen LogP contribution in [0.3, 0.4) is 0 Å². The highest BCUT2D eigenvalue weighted by atomic mass is 32.1. The van der Waals surface area contributed by atoms with Crippen LogP contribution >= 0.6 is 11.3 Å². The third-order valence-electron chi connectivity index (χ3n) is 7.93. The molecule has 5 rings (SSSR count). The van der Waals surface area contributed by atoms with E-state index in [1.54, 1.807) is 12.1 Å². The lowest BCUT2D eigenvalue weighted by Gasteiger charge is -2.38. The summed E-state index contributed by atoms with van der Waals surface area (Å²) in [6, 6.07) is 3.55. The van der Waals surface area contributed by atoms with Crippen molar-refractivity contribution >= 4 is 50.8 Å². The summed E-state index contributed by atoms with van der Waals surface area (Å²) in [6.07, 6.45) is 7.96. The van der Waals surface area contributed by atoms with E-state index < -0.39 is 17.2 Å². The lowest BCUT2D eigenvalue weighted by atomic mass is 10.1. The van der Waals surface area contributed by atoms with Gasteiger partial charge in [0.25, 0.3) is 5.91 Å². The van der Waals surface area contributed by atoms with Crippen molar-refractivity contribution in [1.29, 1.82) is 0 Å². The van der Waals surface area contributed by atoms with Crippen molar-refractivity contribution in [2.45, 2.75) is 39.7 Å². The molecule has 0 spiro atoms. The van der Waals surface area contributed by atoms with E-state index in [1.807, 2.05) is 23.5 Å². The number of aromatic nitrogens is 1. The lowest BCUT2D eigenvalue weighted by Crippen LogP contribution is -2.49. The summed E-state index contributed by atoms with van der Waals surface area (Å²) in [5, 5.41) is 3.16. The number of benzene rings is 1. The van der Waals surface area contributed by atoms with Gasteiger partial charge >= 0.3 is 0 Å². The van der Waals surface area contributed by atoms with Crippen LogP contribution in [0, 0.1) is 5.82 Å². The molecule has 0 atom stereocenters. The molecule has 2 aliphatic heterocycles. The second kappa shape index (κ2) is 11.6. The van der Waals surface area contributed by atoms with Crippen LogP contribution in [0.4, 0.5) is 10.1 Å². The Balaban J connectivity index is 1.62. The molecule has 7 nitrogen and oxygen atoms in total. The maximum atomic E-state index is 15.6. The molecule has 2 fully saturated rings. The van der Waals surface area contributed by atoms with Gasteiger partial charge in [-0.1, -0.05) is 12.7 Å². The molecule has 0 unspecified atom stereocenters. The molecule has 0 bridgehead atoms. The predicted molar refractivity (Wildman–Crippen MR) is 161 cm³/mol. The van der Waals surface area contributed by atoms with Gasteiger partial charge < -0.3 is 15.1 Å². The Morgan fingerprint density at radius 3 is 2.51 bits per heavy atom. The summed E-state index contributed by atoms with van der Waals surface area (Å²) in [4.78, 5) is 35.4. The number of amides is 1. The topological polar surface area (TPSA) is 60.3 Å². The number of fused-ring (bicyclic) bond motifs is 3. The van der Waals surface area contributed by atoms with Crippen LogP contribution < -0.4 is 15.6 Å². The fraction of sp³-hybridized carbons (Fsp3) is 0.467. The van der Waals surface area contributed by atoms with Crippen LogP contribution in [0.25, 0.3) is 27.9 Å². The minimum Gasteiger partial charge on any atom is -0.367 e. The number of piperazine rings is 1. The van der Waals surface area contributed by atoms with Crippen LogP contribution in [0.5, 0.6) is 0 Å². The summed E-state index contributed by atoms with van der Waals surface area (Å²) in [7, 11) is 0. The number of nitrogens with one attached hydrogen (secondary N) is 1. The fourth-order valence-corrected chi connectivity index (χ4v) is 6.91. The molecule has 2 aromatic heterocycles. The Morgan fingerprint density at radius 2 is 1.87 bits per heavy atom. The van der Waals surface area contributed by atoms with Gasteiger partial charge in [0, 0.05) is 45.3 Å². The number of rotatable bonds is 8. The van der Waals surface area contributed by atoms with E-state index in [0.717, 1.165) is 43.3 Å². The third-order valence-corrected chi connectivity index (χ3v) is 9.10. The Bertz CT molecular complexity index is 1480. The quantitative estimate of drug-likeness (QED) is 0.441. The van der Waals surface area contributed by atoms with Crippen molar-refractivity contribution < 1.29 is 9.18 Å². The Morgan fingerprint density at radius 1 is 1.15 bits per heavy atom. The van der Waals surface area contributed by atoms with Crippen LogP contribution in [0.15, 0.2) is 29.6 Å². The highest BCUT2D eigenvalue weighted by Crippen LogP contribution is 2.34. The number of pyridine rings is 1. The molecular formula is C30H38FN5O2S. The highest BCUT2D eigenvalue weighted by molar-refractivity contribution is 7.19. The maximum Gasteiger partial charge on any atom is 0.258 e. The standard InChI is InChI=1S/C30H38FN5O2S/c1-5-9-23-26(6-2)39-30-27(29(38)32-10-13-33-11-7-8-12-33)28(37)21-18-22(31)25(19-24(21)36(23)30)35-16-14-34(15-17-35)20(3)4/h5-6,9,18-20H,2,7-8,10-17H2,1,3-4H3,(H,32,38)/b9-5-. The van der Waals surface area contributed by atoms with Crippen LogP contribution in [-0.4, -0.2) is 78.5 Å². The van der Waals surface area contributed by atoms with Gasteiger partial charge in [-0.15, -0.1) is 11.3 Å². The molecule has 2 aliphatic rings. The van der Waals surface area contributed by atoms with E-state index in [2.05, 4.69) is 40.4 Å². The van der Waals surface area contributed by atoms with Gasteiger partial charge in [-0.25, -0.2) is 4.39 Å². The second-order valence-corrected chi connectivity index (χ2v) is 11.7. The van der Waals surface area contributed by atoms with Gasteiger partial charge in [-0.05, 0) is 71.0 Å². The van der Waals surface area contributed by atoms with Gasteiger partial charge in [0.2, 0.25) is 5.43 Å². The molecule has 4 heterocycles. The van der Waals surface area contributed by atoms with Gasteiger partial charge in [0.1, 0.15) is 16.2 Å². The van der Waals surface area contributed by atoms with Crippen LogP contribution in [0.2, 0.25) is 0 Å². The Hall–Kier alpha value is -3.01. The van der Waals surface area contributed by atoms with E-state index in [-0.39, 0.29) is 10.9 Å². The number of likely N-dealkylation sites (tertiary alicyclic amines) is 1. The van der Waals surface area contributed by atoms with Gasteiger partial charge in [-0.3, -0.25) is 18.9 Å². The number of allylic oxidation sites excluding steroid dienone is 1.